The third-order valence-electron chi connectivity index (χ3n) is 2.01. The molecule has 1 rings (SSSR count). The van der Waals surface area contributed by atoms with Gasteiger partial charge in [-0.15, -0.1) is 5.10 Å². The van der Waals surface area contributed by atoms with E-state index in [1.54, 1.807) is 0 Å². The van der Waals surface area contributed by atoms with E-state index >= 15 is 0 Å². The van der Waals surface area contributed by atoms with Gasteiger partial charge in [-0.1, -0.05) is 5.21 Å². The molecule has 1 N–H and O–H groups in total. The maximum atomic E-state index is 12.3. The van der Waals surface area contributed by atoms with Gasteiger partial charge in [0.15, 0.2) is 4.60 Å². The van der Waals surface area contributed by atoms with Crippen LogP contribution < -0.4 is 0 Å². The number of aryl methyl sites for hydroxylation is 1. The van der Waals surface area contributed by atoms with Crippen molar-refractivity contribution in [3.63, 3.8) is 0 Å². The lowest BCUT2D eigenvalue weighted by Crippen LogP contribution is -2.38. The van der Waals surface area contributed by atoms with Crippen molar-refractivity contribution in [1.29, 1.82) is 0 Å². The lowest BCUT2D eigenvalue weighted by molar-refractivity contribution is 0.112. The molecular formula is C7H11BrF2N4O3S. The van der Waals surface area contributed by atoms with E-state index in [0.717, 1.165) is 4.68 Å². The Kier molecular flexibility index (Phi) is 5.13. The third-order valence-corrected chi connectivity index (χ3v) is 4.77. The SMILES string of the molecule is Cn1nnc(Br)c1S(=O)(=O)N(CCO)CC(F)F. The number of aliphatic hydroxyl groups excluding tert-OH is 1. The fraction of sp³-hybridized carbons (Fsp3) is 0.714. The highest BCUT2D eigenvalue weighted by molar-refractivity contribution is 9.10. The van der Waals surface area contributed by atoms with Crippen molar-refractivity contribution in [3.05, 3.63) is 4.60 Å². The summed E-state index contributed by atoms with van der Waals surface area (Å²) >= 11 is 2.89. The second-order valence-corrected chi connectivity index (χ2v) is 5.89. The van der Waals surface area contributed by atoms with Crippen LogP contribution in [0.15, 0.2) is 9.63 Å². The second kappa shape index (κ2) is 5.99. The zero-order valence-electron chi connectivity index (χ0n) is 9.29. The Morgan fingerprint density at radius 2 is 2.17 bits per heavy atom. The molecule has 0 aliphatic rings. The third kappa shape index (κ3) is 3.22. The zero-order valence-corrected chi connectivity index (χ0v) is 11.7. The van der Waals surface area contributed by atoms with E-state index in [1.807, 2.05) is 0 Å². The first-order chi connectivity index (χ1) is 8.30. The van der Waals surface area contributed by atoms with Crippen molar-refractivity contribution >= 4 is 26.0 Å². The standard InChI is InChI=1S/C7H11BrF2N4O3S/c1-13-7(6(8)11-12-13)18(16,17)14(2-3-15)4-5(9)10/h5,15H,2-4H2,1H3. The van der Waals surface area contributed by atoms with Crippen LogP contribution >= 0.6 is 15.9 Å². The topological polar surface area (TPSA) is 88.3 Å². The molecule has 0 saturated heterocycles. The lowest BCUT2D eigenvalue weighted by Gasteiger charge is -2.20. The fourth-order valence-corrected chi connectivity index (χ4v) is 3.73. The zero-order chi connectivity index (χ0) is 13.9. The summed E-state index contributed by atoms with van der Waals surface area (Å²) in [6.07, 6.45) is -2.84. The number of hydrogen-bond donors (Lipinski definition) is 1. The number of rotatable bonds is 6. The predicted molar refractivity (Wildman–Crippen MR) is 60.6 cm³/mol. The minimum absolute atomic E-state index is 0.0674. The Hall–Kier alpha value is -0.650. The van der Waals surface area contributed by atoms with E-state index in [2.05, 4.69) is 26.2 Å². The largest absolute Gasteiger partial charge is 0.395 e. The van der Waals surface area contributed by atoms with E-state index in [0.29, 0.717) is 4.31 Å². The molecule has 11 heteroatoms. The van der Waals surface area contributed by atoms with Crippen LogP contribution in [0.2, 0.25) is 0 Å². The molecule has 0 atom stereocenters. The Labute approximate surface area is 111 Å². The molecule has 0 bridgehead atoms. The van der Waals surface area contributed by atoms with Gasteiger partial charge in [0.25, 0.3) is 16.4 Å². The van der Waals surface area contributed by atoms with E-state index in [-0.39, 0.29) is 9.63 Å². The first-order valence-electron chi connectivity index (χ1n) is 4.75. The highest BCUT2D eigenvalue weighted by Gasteiger charge is 2.32. The predicted octanol–water partition coefficient (Wildman–Crippen LogP) is -0.174. The molecule has 0 spiro atoms. The highest BCUT2D eigenvalue weighted by atomic mass is 79.9. The van der Waals surface area contributed by atoms with Gasteiger partial charge in [0, 0.05) is 13.6 Å². The molecule has 0 aromatic carbocycles. The van der Waals surface area contributed by atoms with Crippen molar-refractivity contribution in [1.82, 2.24) is 19.3 Å². The molecule has 1 heterocycles. The summed E-state index contributed by atoms with van der Waals surface area (Å²) in [5, 5.41) is 15.4. The Balaban J connectivity index is 3.17. The summed E-state index contributed by atoms with van der Waals surface area (Å²) in [7, 11) is -2.87. The summed E-state index contributed by atoms with van der Waals surface area (Å²) in [5.74, 6) is 0. The quantitative estimate of drug-likeness (QED) is 0.770. The monoisotopic (exact) mass is 348 g/mol. The molecular weight excluding hydrogens is 338 g/mol. The second-order valence-electron chi connectivity index (χ2n) is 3.29. The van der Waals surface area contributed by atoms with Crippen LogP contribution in [0.4, 0.5) is 8.78 Å². The average Bonchev–Trinajstić information content (AvgIpc) is 2.57. The average molecular weight is 349 g/mol. The fourth-order valence-electron chi connectivity index (χ4n) is 1.29. The molecule has 0 radical (unpaired) electrons. The molecule has 0 fully saturated rings. The molecule has 7 nitrogen and oxygen atoms in total. The van der Waals surface area contributed by atoms with Gasteiger partial charge in [-0.3, -0.25) is 0 Å². The van der Waals surface area contributed by atoms with Crippen molar-refractivity contribution in [3.8, 4) is 0 Å². The summed E-state index contributed by atoms with van der Waals surface area (Å²) in [5.41, 5.74) is 0. The molecule has 0 unspecified atom stereocenters. The molecule has 1 aromatic heterocycles. The minimum Gasteiger partial charge on any atom is -0.395 e. The molecule has 0 amide bonds. The summed E-state index contributed by atoms with van der Waals surface area (Å²) in [6.45, 7) is -1.99. The molecule has 0 aliphatic heterocycles. The van der Waals surface area contributed by atoms with Gasteiger partial charge in [0.05, 0.1) is 13.2 Å². The van der Waals surface area contributed by atoms with Gasteiger partial charge in [0.1, 0.15) is 0 Å². The van der Waals surface area contributed by atoms with Crippen molar-refractivity contribution in [2.75, 3.05) is 19.7 Å². The molecule has 104 valence electrons. The van der Waals surface area contributed by atoms with Gasteiger partial charge in [-0.2, -0.15) is 4.31 Å². The Morgan fingerprint density at radius 1 is 1.56 bits per heavy atom. The number of alkyl halides is 2. The van der Waals surface area contributed by atoms with E-state index in [1.165, 1.54) is 7.05 Å². The van der Waals surface area contributed by atoms with Crippen molar-refractivity contribution in [2.24, 2.45) is 7.05 Å². The lowest BCUT2D eigenvalue weighted by atomic mass is 10.6. The van der Waals surface area contributed by atoms with Gasteiger partial charge in [0.2, 0.25) is 5.03 Å². The van der Waals surface area contributed by atoms with Gasteiger partial charge >= 0.3 is 0 Å². The summed E-state index contributed by atoms with van der Waals surface area (Å²) in [4.78, 5) is 0. The van der Waals surface area contributed by atoms with Crippen molar-refractivity contribution in [2.45, 2.75) is 11.5 Å². The van der Waals surface area contributed by atoms with E-state index in [9.17, 15) is 17.2 Å². The van der Waals surface area contributed by atoms with E-state index < -0.39 is 36.1 Å². The molecule has 0 aliphatic carbocycles. The number of halogens is 3. The maximum absolute atomic E-state index is 12.3. The van der Waals surface area contributed by atoms with Crippen LogP contribution in [0.25, 0.3) is 0 Å². The summed E-state index contributed by atoms with van der Waals surface area (Å²) in [6, 6.07) is 0. The van der Waals surface area contributed by atoms with Gasteiger partial charge < -0.3 is 5.11 Å². The number of sulfonamides is 1. The minimum atomic E-state index is -4.19. The smallest absolute Gasteiger partial charge is 0.263 e. The van der Waals surface area contributed by atoms with Gasteiger partial charge in [-0.05, 0) is 15.9 Å². The van der Waals surface area contributed by atoms with Crippen LogP contribution in [-0.2, 0) is 17.1 Å². The van der Waals surface area contributed by atoms with Crippen LogP contribution in [0.5, 0.6) is 0 Å². The Bertz CT molecular complexity index is 487. The number of aromatic nitrogens is 3. The number of aliphatic hydroxyl groups is 1. The van der Waals surface area contributed by atoms with E-state index in [4.69, 9.17) is 5.11 Å². The maximum Gasteiger partial charge on any atom is 0.263 e. The van der Waals surface area contributed by atoms with Crippen molar-refractivity contribution < 1.29 is 22.3 Å². The normalized spacial score (nSPS) is 12.6. The van der Waals surface area contributed by atoms with Crippen LogP contribution in [-0.4, -0.2) is 58.9 Å². The molecule has 18 heavy (non-hydrogen) atoms. The molecule has 1 aromatic rings. The first-order valence-corrected chi connectivity index (χ1v) is 6.98. The van der Waals surface area contributed by atoms with Crippen LogP contribution in [0.3, 0.4) is 0 Å². The van der Waals surface area contributed by atoms with Crippen LogP contribution in [0, 0.1) is 0 Å². The molecule has 0 saturated carbocycles. The number of hydrogen-bond acceptors (Lipinski definition) is 5. The first kappa shape index (κ1) is 15.4. The summed E-state index contributed by atoms with van der Waals surface area (Å²) < 4.78 is 50.3. The van der Waals surface area contributed by atoms with Crippen LogP contribution in [0.1, 0.15) is 0 Å². The van der Waals surface area contributed by atoms with Gasteiger partial charge in [-0.25, -0.2) is 21.9 Å². The number of nitrogens with zero attached hydrogens (tertiary/aromatic N) is 4. The Morgan fingerprint density at radius 3 is 2.56 bits per heavy atom. The highest BCUT2D eigenvalue weighted by Crippen LogP contribution is 2.22.